The second-order valence-corrected chi connectivity index (χ2v) is 5.17. The molecule has 6 nitrogen and oxygen atoms in total. The summed E-state index contributed by atoms with van der Waals surface area (Å²) in [6.07, 6.45) is 3.03. The van der Waals surface area contributed by atoms with Gasteiger partial charge in [-0.25, -0.2) is 0 Å². The van der Waals surface area contributed by atoms with Gasteiger partial charge in [0.05, 0.1) is 11.9 Å². The van der Waals surface area contributed by atoms with Gasteiger partial charge in [-0.2, -0.15) is 5.10 Å². The Kier molecular flexibility index (Phi) is 4.05. The van der Waals surface area contributed by atoms with Crippen LogP contribution in [0.25, 0.3) is 0 Å². The molecule has 2 unspecified atom stereocenters. The van der Waals surface area contributed by atoms with Crippen molar-refractivity contribution in [3.05, 3.63) is 11.9 Å². The Labute approximate surface area is 96.7 Å². The van der Waals surface area contributed by atoms with Gasteiger partial charge in [0.25, 0.3) is 5.91 Å². The minimum absolute atomic E-state index is 0.160. The molecular weight excluding hydrogens is 228 g/mol. The number of carbonyl (C=O) groups excluding carboxylic acids is 1. The van der Waals surface area contributed by atoms with Gasteiger partial charge >= 0.3 is 0 Å². The van der Waals surface area contributed by atoms with E-state index in [0.29, 0.717) is 17.1 Å². The summed E-state index contributed by atoms with van der Waals surface area (Å²) in [6.45, 7) is 1.80. The van der Waals surface area contributed by atoms with Crippen molar-refractivity contribution >= 4 is 22.4 Å². The number of nitrogens with one attached hydrogen (secondary N) is 1. The number of nitrogens with two attached hydrogens (primary N) is 1. The number of aromatic nitrogens is 2. The minimum atomic E-state index is -0.938. The molecule has 0 radical (unpaired) electrons. The van der Waals surface area contributed by atoms with Crippen LogP contribution >= 0.6 is 0 Å². The molecule has 1 amide bonds. The van der Waals surface area contributed by atoms with Gasteiger partial charge in [0.2, 0.25) is 0 Å². The van der Waals surface area contributed by atoms with Crippen molar-refractivity contribution in [3.63, 3.8) is 0 Å². The first-order valence-corrected chi connectivity index (χ1v) is 6.53. The fraction of sp³-hybridized carbons (Fsp3) is 0.556. The third-order valence-electron chi connectivity index (χ3n) is 2.04. The zero-order valence-corrected chi connectivity index (χ0v) is 10.4. The van der Waals surface area contributed by atoms with Gasteiger partial charge in [-0.1, -0.05) is 0 Å². The zero-order chi connectivity index (χ0) is 12.3. The fourth-order valence-corrected chi connectivity index (χ4v) is 2.21. The van der Waals surface area contributed by atoms with Crippen LogP contribution in [0.5, 0.6) is 0 Å². The summed E-state index contributed by atoms with van der Waals surface area (Å²) < 4.78 is 12.4. The molecule has 0 bridgehead atoms. The van der Waals surface area contributed by atoms with Crippen molar-refractivity contribution in [2.24, 2.45) is 7.05 Å². The number of hydrogen-bond acceptors (Lipinski definition) is 4. The van der Waals surface area contributed by atoms with Crippen LogP contribution in [0.3, 0.4) is 0 Å². The lowest BCUT2D eigenvalue weighted by Crippen LogP contribution is -2.37. The lowest BCUT2D eigenvalue weighted by atomic mass is 10.3. The first-order valence-electron chi connectivity index (χ1n) is 4.80. The molecular formula is C9H16N4O2S. The third-order valence-corrected chi connectivity index (χ3v) is 3.01. The van der Waals surface area contributed by atoms with Crippen LogP contribution in [0.15, 0.2) is 6.20 Å². The number of carbonyl (C=O) groups is 1. The predicted octanol–water partition coefficient (Wildman–Crippen LogP) is -0.501. The SMILES string of the molecule is CC(CS(C)=O)NC(=O)c1c(N)cnn1C. The molecule has 0 aliphatic heterocycles. The highest BCUT2D eigenvalue weighted by Crippen LogP contribution is 2.08. The third kappa shape index (κ3) is 3.06. The molecule has 2 atom stereocenters. The number of nitrogen functional groups attached to an aromatic ring is 1. The molecule has 16 heavy (non-hydrogen) atoms. The zero-order valence-electron chi connectivity index (χ0n) is 9.56. The Bertz CT molecular complexity index is 396. The molecule has 0 spiro atoms. The van der Waals surface area contributed by atoms with Gasteiger partial charge in [0, 0.05) is 35.9 Å². The first kappa shape index (κ1) is 12.7. The number of anilines is 1. The van der Waals surface area contributed by atoms with Crippen molar-refractivity contribution in [3.8, 4) is 0 Å². The summed E-state index contributed by atoms with van der Waals surface area (Å²) in [7, 11) is 0.709. The number of amides is 1. The van der Waals surface area contributed by atoms with Gasteiger partial charge in [-0.05, 0) is 6.92 Å². The average molecular weight is 244 g/mol. The van der Waals surface area contributed by atoms with E-state index in [1.165, 1.54) is 10.9 Å². The van der Waals surface area contributed by atoms with Crippen LogP contribution in [0.1, 0.15) is 17.4 Å². The topological polar surface area (TPSA) is 90.0 Å². The highest BCUT2D eigenvalue weighted by atomic mass is 32.2. The Balaban J connectivity index is 2.69. The fourth-order valence-electron chi connectivity index (χ4n) is 1.42. The molecule has 1 heterocycles. The Morgan fingerprint density at radius 1 is 1.75 bits per heavy atom. The maximum Gasteiger partial charge on any atom is 0.271 e. The normalized spacial score (nSPS) is 14.4. The molecule has 0 fully saturated rings. The lowest BCUT2D eigenvalue weighted by Gasteiger charge is -2.12. The van der Waals surface area contributed by atoms with E-state index in [2.05, 4.69) is 10.4 Å². The Hall–Kier alpha value is -1.37. The van der Waals surface area contributed by atoms with E-state index in [4.69, 9.17) is 5.73 Å². The number of aryl methyl sites for hydroxylation is 1. The smallest absolute Gasteiger partial charge is 0.271 e. The lowest BCUT2D eigenvalue weighted by molar-refractivity contribution is 0.0935. The molecule has 1 aromatic rings. The quantitative estimate of drug-likeness (QED) is 0.747. The molecule has 0 aliphatic carbocycles. The monoisotopic (exact) mass is 244 g/mol. The Morgan fingerprint density at radius 3 is 2.81 bits per heavy atom. The summed E-state index contributed by atoms with van der Waals surface area (Å²) in [5.41, 5.74) is 6.28. The largest absolute Gasteiger partial charge is 0.396 e. The summed E-state index contributed by atoms with van der Waals surface area (Å²) in [5.74, 6) is 0.124. The van der Waals surface area contributed by atoms with E-state index in [1.54, 1.807) is 20.2 Å². The molecule has 0 aliphatic rings. The van der Waals surface area contributed by atoms with Gasteiger partial charge in [-0.15, -0.1) is 0 Å². The first-order chi connectivity index (χ1) is 7.41. The summed E-state index contributed by atoms with van der Waals surface area (Å²) >= 11 is 0. The highest BCUT2D eigenvalue weighted by molar-refractivity contribution is 7.84. The van der Waals surface area contributed by atoms with Crippen LogP contribution in [-0.4, -0.2) is 37.9 Å². The molecule has 0 saturated heterocycles. The van der Waals surface area contributed by atoms with Crippen LogP contribution in [0, 0.1) is 0 Å². The summed E-state index contributed by atoms with van der Waals surface area (Å²) in [5, 5.41) is 6.60. The van der Waals surface area contributed by atoms with E-state index in [9.17, 15) is 9.00 Å². The molecule has 0 saturated carbocycles. The standard InChI is InChI=1S/C9H16N4O2S/c1-6(5-16(3)15)12-9(14)8-7(10)4-11-13(8)2/h4,6H,5,10H2,1-3H3,(H,12,14). The number of rotatable bonds is 4. The van der Waals surface area contributed by atoms with E-state index >= 15 is 0 Å². The minimum Gasteiger partial charge on any atom is -0.396 e. The highest BCUT2D eigenvalue weighted by Gasteiger charge is 2.17. The number of hydrogen-bond donors (Lipinski definition) is 2. The molecule has 0 aromatic carbocycles. The van der Waals surface area contributed by atoms with E-state index in [-0.39, 0.29) is 11.9 Å². The summed E-state index contributed by atoms with van der Waals surface area (Å²) in [4.78, 5) is 11.8. The maximum atomic E-state index is 11.8. The van der Waals surface area contributed by atoms with E-state index in [1.807, 2.05) is 0 Å². The van der Waals surface area contributed by atoms with Crippen molar-refractivity contribution in [1.82, 2.24) is 15.1 Å². The van der Waals surface area contributed by atoms with Gasteiger partial charge in [0.15, 0.2) is 0 Å². The van der Waals surface area contributed by atoms with Crippen LogP contribution in [-0.2, 0) is 17.8 Å². The number of nitrogens with zero attached hydrogens (tertiary/aromatic N) is 2. The average Bonchev–Trinajstić information content (AvgIpc) is 2.44. The predicted molar refractivity (Wildman–Crippen MR) is 63.5 cm³/mol. The van der Waals surface area contributed by atoms with Gasteiger partial charge in [-0.3, -0.25) is 13.7 Å². The Morgan fingerprint density at radius 2 is 2.38 bits per heavy atom. The molecule has 1 aromatic heterocycles. The second-order valence-electron chi connectivity index (χ2n) is 3.69. The van der Waals surface area contributed by atoms with Crippen LogP contribution in [0.2, 0.25) is 0 Å². The van der Waals surface area contributed by atoms with Crippen molar-refractivity contribution in [1.29, 1.82) is 0 Å². The molecule has 90 valence electrons. The van der Waals surface area contributed by atoms with Crippen molar-refractivity contribution < 1.29 is 9.00 Å². The van der Waals surface area contributed by atoms with Crippen LogP contribution in [0.4, 0.5) is 5.69 Å². The molecule has 7 heteroatoms. The molecule has 1 rings (SSSR count). The van der Waals surface area contributed by atoms with Gasteiger partial charge < -0.3 is 11.1 Å². The van der Waals surface area contributed by atoms with Crippen molar-refractivity contribution in [2.75, 3.05) is 17.7 Å². The second kappa shape index (κ2) is 5.11. The van der Waals surface area contributed by atoms with E-state index < -0.39 is 10.8 Å². The molecule has 3 N–H and O–H groups in total. The maximum absolute atomic E-state index is 11.8. The van der Waals surface area contributed by atoms with Crippen LogP contribution < -0.4 is 11.1 Å². The van der Waals surface area contributed by atoms with Crippen molar-refractivity contribution in [2.45, 2.75) is 13.0 Å². The summed E-state index contributed by atoms with van der Waals surface area (Å²) in [6, 6.07) is -0.160. The van der Waals surface area contributed by atoms with E-state index in [0.717, 1.165) is 0 Å². The van der Waals surface area contributed by atoms with Gasteiger partial charge in [0.1, 0.15) is 5.69 Å².